The lowest BCUT2D eigenvalue weighted by atomic mass is 10.2. The Morgan fingerprint density at radius 1 is 1.56 bits per heavy atom. The van der Waals surface area contributed by atoms with E-state index in [1.54, 1.807) is 0 Å². The summed E-state index contributed by atoms with van der Waals surface area (Å²) in [5.74, 6) is -0.255. The predicted octanol–water partition coefficient (Wildman–Crippen LogP) is 1.32. The summed E-state index contributed by atoms with van der Waals surface area (Å²) in [5, 5.41) is -0.396. The van der Waals surface area contributed by atoms with E-state index >= 15 is 0 Å². The maximum absolute atomic E-state index is 10.7. The fourth-order valence-electron chi connectivity index (χ4n) is 0.807. The van der Waals surface area contributed by atoms with Crippen molar-refractivity contribution in [1.29, 1.82) is 0 Å². The zero-order chi connectivity index (χ0) is 6.69. The van der Waals surface area contributed by atoms with Crippen LogP contribution in [0.15, 0.2) is 0 Å². The zero-order valence-corrected chi connectivity index (χ0v) is 5.86. The summed E-state index contributed by atoms with van der Waals surface area (Å²) < 4.78 is 4.74. The van der Waals surface area contributed by atoms with Crippen LogP contribution in [0.4, 0.5) is 0 Å². The van der Waals surface area contributed by atoms with Crippen LogP contribution in [-0.4, -0.2) is 18.0 Å². The van der Waals surface area contributed by atoms with Gasteiger partial charge in [-0.15, -0.1) is 11.6 Å². The lowest BCUT2D eigenvalue weighted by Crippen LogP contribution is -2.14. The Balaban J connectivity index is 2.41. The third kappa shape index (κ3) is 1.86. The Bertz CT molecular complexity index is 114. The molecule has 0 aliphatic carbocycles. The first kappa shape index (κ1) is 6.87. The standard InChI is InChI=1S/C6H9ClO2/c7-5-3-1-2-4-9-6(5)8/h5H,1-4H2/t5-/m1/s1. The molecule has 1 aliphatic rings. The number of ether oxygens (including phenoxy) is 1. The third-order valence-electron chi connectivity index (χ3n) is 1.35. The highest BCUT2D eigenvalue weighted by Gasteiger charge is 2.18. The molecule has 1 rings (SSSR count). The summed E-state index contributed by atoms with van der Waals surface area (Å²) in [6.45, 7) is 0.544. The second-order valence-corrected chi connectivity index (χ2v) is 2.66. The topological polar surface area (TPSA) is 26.3 Å². The minimum absolute atomic E-state index is 0.255. The molecule has 9 heavy (non-hydrogen) atoms. The highest BCUT2D eigenvalue weighted by atomic mass is 35.5. The van der Waals surface area contributed by atoms with Gasteiger partial charge in [0.2, 0.25) is 0 Å². The van der Waals surface area contributed by atoms with Gasteiger partial charge >= 0.3 is 5.97 Å². The molecule has 1 heterocycles. The normalized spacial score (nSPS) is 29.0. The number of halogens is 1. The fraction of sp³-hybridized carbons (Fsp3) is 0.833. The molecule has 0 spiro atoms. The highest BCUT2D eigenvalue weighted by Crippen LogP contribution is 2.13. The molecule has 3 heteroatoms. The first-order chi connectivity index (χ1) is 4.30. The van der Waals surface area contributed by atoms with E-state index < -0.39 is 5.38 Å². The highest BCUT2D eigenvalue weighted by molar-refractivity contribution is 6.29. The van der Waals surface area contributed by atoms with E-state index in [1.807, 2.05) is 0 Å². The molecule has 0 unspecified atom stereocenters. The Hall–Kier alpha value is -0.240. The van der Waals surface area contributed by atoms with E-state index in [2.05, 4.69) is 0 Å². The second kappa shape index (κ2) is 3.06. The van der Waals surface area contributed by atoms with Crippen LogP contribution in [0.2, 0.25) is 0 Å². The van der Waals surface area contributed by atoms with Crippen LogP contribution in [0, 0.1) is 0 Å². The average molecular weight is 149 g/mol. The molecule has 0 amide bonds. The first-order valence-electron chi connectivity index (χ1n) is 3.11. The van der Waals surface area contributed by atoms with E-state index in [0.717, 1.165) is 19.3 Å². The van der Waals surface area contributed by atoms with Crippen molar-refractivity contribution < 1.29 is 9.53 Å². The second-order valence-electron chi connectivity index (χ2n) is 2.13. The molecular formula is C6H9ClO2. The van der Waals surface area contributed by atoms with Gasteiger partial charge in [-0.3, -0.25) is 4.79 Å². The van der Waals surface area contributed by atoms with E-state index in [9.17, 15) is 4.79 Å². The molecule has 0 N–H and O–H groups in total. The Labute approximate surface area is 59.1 Å². The van der Waals surface area contributed by atoms with E-state index in [1.165, 1.54) is 0 Å². The number of carbonyl (C=O) groups excluding carboxylic acids is 1. The predicted molar refractivity (Wildman–Crippen MR) is 34.5 cm³/mol. The molecule has 1 atom stereocenters. The number of rotatable bonds is 0. The number of carbonyl (C=O) groups is 1. The molecular weight excluding hydrogens is 140 g/mol. The molecule has 0 aromatic heterocycles. The molecule has 2 nitrogen and oxygen atoms in total. The van der Waals surface area contributed by atoms with Gasteiger partial charge in [0, 0.05) is 0 Å². The van der Waals surface area contributed by atoms with Crippen LogP contribution >= 0.6 is 11.6 Å². The van der Waals surface area contributed by atoms with Gasteiger partial charge in [0.25, 0.3) is 0 Å². The van der Waals surface area contributed by atoms with Crippen LogP contribution < -0.4 is 0 Å². The number of hydrogen-bond donors (Lipinski definition) is 0. The molecule has 0 saturated carbocycles. The summed E-state index contributed by atoms with van der Waals surface area (Å²) >= 11 is 5.60. The van der Waals surface area contributed by atoms with E-state index in [4.69, 9.17) is 16.3 Å². The van der Waals surface area contributed by atoms with E-state index in [0.29, 0.717) is 6.61 Å². The van der Waals surface area contributed by atoms with Crippen LogP contribution in [0.3, 0.4) is 0 Å². The van der Waals surface area contributed by atoms with Crippen molar-refractivity contribution in [2.75, 3.05) is 6.61 Å². The summed E-state index contributed by atoms with van der Waals surface area (Å²) in [6, 6.07) is 0. The lowest BCUT2D eigenvalue weighted by molar-refractivity contribution is -0.142. The summed E-state index contributed by atoms with van der Waals surface area (Å²) in [5.41, 5.74) is 0. The molecule has 0 radical (unpaired) electrons. The van der Waals surface area contributed by atoms with Gasteiger partial charge in [-0.2, -0.15) is 0 Å². The van der Waals surface area contributed by atoms with Gasteiger partial charge < -0.3 is 4.74 Å². The number of esters is 1. The molecule has 0 aromatic carbocycles. The maximum atomic E-state index is 10.7. The fourth-order valence-corrected chi connectivity index (χ4v) is 1.02. The van der Waals surface area contributed by atoms with Gasteiger partial charge in [0.15, 0.2) is 0 Å². The number of cyclic esters (lactones) is 1. The van der Waals surface area contributed by atoms with E-state index in [-0.39, 0.29) is 5.97 Å². The van der Waals surface area contributed by atoms with Crippen molar-refractivity contribution in [3.05, 3.63) is 0 Å². The van der Waals surface area contributed by atoms with Gasteiger partial charge in [-0.05, 0) is 19.3 Å². The minimum Gasteiger partial charge on any atom is -0.465 e. The van der Waals surface area contributed by atoms with Crippen molar-refractivity contribution in [3.63, 3.8) is 0 Å². The number of alkyl halides is 1. The van der Waals surface area contributed by atoms with Gasteiger partial charge in [-0.25, -0.2) is 0 Å². The first-order valence-corrected chi connectivity index (χ1v) is 3.55. The lowest BCUT2D eigenvalue weighted by Gasteiger charge is -2.00. The summed E-state index contributed by atoms with van der Waals surface area (Å²) in [7, 11) is 0. The molecule has 1 aliphatic heterocycles. The van der Waals surface area contributed by atoms with Crippen molar-refractivity contribution in [1.82, 2.24) is 0 Å². The monoisotopic (exact) mass is 148 g/mol. The molecule has 0 bridgehead atoms. The number of hydrogen-bond acceptors (Lipinski definition) is 2. The smallest absolute Gasteiger partial charge is 0.324 e. The molecule has 1 saturated heterocycles. The Kier molecular flexibility index (Phi) is 2.34. The SMILES string of the molecule is O=C1OCCCC[C@H]1Cl. The zero-order valence-electron chi connectivity index (χ0n) is 5.10. The van der Waals surface area contributed by atoms with Crippen molar-refractivity contribution in [2.45, 2.75) is 24.6 Å². The Morgan fingerprint density at radius 3 is 3.11 bits per heavy atom. The minimum atomic E-state index is -0.396. The van der Waals surface area contributed by atoms with Crippen molar-refractivity contribution >= 4 is 17.6 Å². The van der Waals surface area contributed by atoms with Crippen molar-refractivity contribution in [2.24, 2.45) is 0 Å². The summed E-state index contributed by atoms with van der Waals surface area (Å²) in [4.78, 5) is 10.7. The van der Waals surface area contributed by atoms with Gasteiger partial charge in [0.1, 0.15) is 5.38 Å². The maximum Gasteiger partial charge on any atom is 0.324 e. The van der Waals surface area contributed by atoms with Crippen LogP contribution in [0.1, 0.15) is 19.3 Å². The third-order valence-corrected chi connectivity index (χ3v) is 1.75. The summed E-state index contributed by atoms with van der Waals surface area (Å²) in [6.07, 6.45) is 2.72. The molecule has 52 valence electrons. The molecule has 0 aromatic rings. The van der Waals surface area contributed by atoms with Crippen LogP contribution in [0.25, 0.3) is 0 Å². The van der Waals surface area contributed by atoms with Crippen LogP contribution in [-0.2, 0) is 9.53 Å². The Morgan fingerprint density at radius 2 is 2.33 bits per heavy atom. The quantitative estimate of drug-likeness (QED) is 0.383. The van der Waals surface area contributed by atoms with Crippen LogP contribution in [0.5, 0.6) is 0 Å². The molecule has 1 fully saturated rings. The van der Waals surface area contributed by atoms with Gasteiger partial charge in [-0.1, -0.05) is 0 Å². The van der Waals surface area contributed by atoms with Gasteiger partial charge in [0.05, 0.1) is 6.61 Å². The average Bonchev–Trinajstić information content (AvgIpc) is 1.99. The largest absolute Gasteiger partial charge is 0.465 e. The van der Waals surface area contributed by atoms with Crippen molar-refractivity contribution in [3.8, 4) is 0 Å².